The largest absolute Gasteiger partial charge is 0.497 e. The topological polar surface area (TPSA) is 47.1 Å². The molecule has 0 spiro atoms. The molecule has 134 valence electrons. The molecule has 1 N–H and O–H groups in total. The van der Waals surface area contributed by atoms with Gasteiger partial charge in [-0.25, -0.2) is 4.98 Å². The molecule has 4 heteroatoms. The summed E-state index contributed by atoms with van der Waals surface area (Å²) in [6, 6.07) is 26.1. The van der Waals surface area contributed by atoms with Crippen molar-refractivity contribution in [2.75, 3.05) is 14.2 Å². The molecule has 0 bridgehead atoms. The Kier molecular flexibility index (Phi) is 4.62. The fourth-order valence-electron chi connectivity index (χ4n) is 3.12. The average molecular weight is 356 g/mol. The monoisotopic (exact) mass is 356 g/mol. The predicted octanol–water partition coefficient (Wildman–Crippen LogP) is 5.43. The highest BCUT2D eigenvalue weighted by molar-refractivity contribution is 5.82. The third-order valence-electron chi connectivity index (χ3n) is 4.48. The fourth-order valence-corrected chi connectivity index (χ4v) is 3.12. The number of H-pyrrole nitrogens is 1. The number of imidazole rings is 1. The molecule has 0 amide bonds. The van der Waals surface area contributed by atoms with Crippen LogP contribution in [0.4, 0.5) is 0 Å². The molecule has 0 aliphatic heterocycles. The number of hydrogen-bond donors (Lipinski definition) is 1. The van der Waals surface area contributed by atoms with E-state index in [-0.39, 0.29) is 0 Å². The van der Waals surface area contributed by atoms with Crippen molar-refractivity contribution in [1.82, 2.24) is 9.97 Å². The molecular weight excluding hydrogens is 336 g/mol. The van der Waals surface area contributed by atoms with Crippen LogP contribution >= 0.6 is 0 Å². The van der Waals surface area contributed by atoms with E-state index in [0.29, 0.717) is 0 Å². The Morgan fingerprint density at radius 1 is 0.741 bits per heavy atom. The number of hydrogen-bond acceptors (Lipinski definition) is 3. The molecule has 0 radical (unpaired) electrons. The lowest BCUT2D eigenvalue weighted by molar-refractivity contribution is 0.404. The third-order valence-corrected chi connectivity index (χ3v) is 4.48. The van der Waals surface area contributed by atoms with E-state index >= 15 is 0 Å². The van der Waals surface area contributed by atoms with E-state index in [2.05, 4.69) is 29.2 Å². The van der Waals surface area contributed by atoms with Crippen LogP contribution in [0, 0.1) is 0 Å². The molecule has 0 fully saturated rings. The minimum atomic E-state index is 0.739. The second-order valence-corrected chi connectivity index (χ2v) is 6.11. The number of aromatic amines is 1. The van der Waals surface area contributed by atoms with Crippen LogP contribution in [0.5, 0.6) is 11.5 Å². The van der Waals surface area contributed by atoms with Gasteiger partial charge in [-0.3, -0.25) is 0 Å². The second kappa shape index (κ2) is 7.38. The lowest BCUT2D eigenvalue weighted by Gasteiger charge is -2.08. The summed E-state index contributed by atoms with van der Waals surface area (Å²) in [4.78, 5) is 8.41. The molecule has 0 saturated heterocycles. The van der Waals surface area contributed by atoms with Crippen molar-refractivity contribution in [3.8, 4) is 45.4 Å². The highest BCUT2D eigenvalue weighted by Crippen LogP contribution is 2.37. The van der Waals surface area contributed by atoms with Crippen molar-refractivity contribution in [1.29, 1.82) is 0 Å². The van der Waals surface area contributed by atoms with Crippen molar-refractivity contribution in [2.45, 2.75) is 0 Å². The predicted molar refractivity (Wildman–Crippen MR) is 108 cm³/mol. The van der Waals surface area contributed by atoms with Crippen LogP contribution in [0.15, 0.2) is 78.9 Å². The zero-order valence-corrected chi connectivity index (χ0v) is 15.3. The van der Waals surface area contributed by atoms with Gasteiger partial charge < -0.3 is 14.5 Å². The van der Waals surface area contributed by atoms with Gasteiger partial charge >= 0.3 is 0 Å². The normalized spacial score (nSPS) is 10.6. The van der Waals surface area contributed by atoms with Crippen molar-refractivity contribution < 1.29 is 9.47 Å². The molecule has 0 aliphatic rings. The highest BCUT2D eigenvalue weighted by atomic mass is 16.5. The van der Waals surface area contributed by atoms with Gasteiger partial charge in [-0.1, -0.05) is 60.7 Å². The lowest BCUT2D eigenvalue weighted by Crippen LogP contribution is -1.91. The molecule has 27 heavy (non-hydrogen) atoms. The van der Waals surface area contributed by atoms with Crippen molar-refractivity contribution in [3.63, 3.8) is 0 Å². The molecular formula is C23H20N2O2. The Balaban J connectivity index is 1.93. The molecule has 1 aromatic heterocycles. The fraction of sp³-hybridized carbons (Fsp3) is 0.0870. The molecule has 4 nitrogen and oxygen atoms in total. The van der Waals surface area contributed by atoms with Crippen LogP contribution in [-0.2, 0) is 0 Å². The molecule has 3 aromatic carbocycles. The van der Waals surface area contributed by atoms with Crippen LogP contribution in [-0.4, -0.2) is 24.2 Å². The van der Waals surface area contributed by atoms with Crippen molar-refractivity contribution in [3.05, 3.63) is 78.9 Å². The van der Waals surface area contributed by atoms with E-state index < -0.39 is 0 Å². The van der Waals surface area contributed by atoms with Crippen molar-refractivity contribution in [2.24, 2.45) is 0 Å². The second-order valence-electron chi connectivity index (χ2n) is 6.11. The van der Waals surface area contributed by atoms with Crippen LogP contribution in [0.25, 0.3) is 33.9 Å². The van der Waals surface area contributed by atoms with Crippen LogP contribution < -0.4 is 9.47 Å². The van der Waals surface area contributed by atoms with E-state index in [4.69, 9.17) is 14.5 Å². The van der Waals surface area contributed by atoms with Gasteiger partial charge in [0.1, 0.15) is 17.3 Å². The van der Waals surface area contributed by atoms with Gasteiger partial charge in [-0.15, -0.1) is 0 Å². The SMILES string of the molecule is COc1ccc(OC)c(-c2nc(-c3ccccc3)c(-c3ccccc3)[nH]2)c1. The summed E-state index contributed by atoms with van der Waals surface area (Å²) in [5.41, 5.74) is 4.87. The number of ether oxygens (including phenoxy) is 2. The highest BCUT2D eigenvalue weighted by Gasteiger charge is 2.18. The van der Waals surface area contributed by atoms with Gasteiger partial charge in [0, 0.05) is 11.1 Å². The first-order valence-corrected chi connectivity index (χ1v) is 8.73. The molecule has 0 unspecified atom stereocenters. The van der Waals surface area contributed by atoms with Crippen LogP contribution in [0.2, 0.25) is 0 Å². The maximum Gasteiger partial charge on any atom is 0.142 e. The smallest absolute Gasteiger partial charge is 0.142 e. The minimum Gasteiger partial charge on any atom is -0.497 e. The van der Waals surface area contributed by atoms with Gasteiger partial charge in [0.2, 0.25) is 0 Å². The van der Waals surface area contributed by atoms with Gasteiger partial charge in [0.05, 0.1) is 31.2 Å². The van der Waals surface area contributed by atoms with E-state index in [1.807, 2.05) is 54.6 Å². The first-order valence-electron chi connectivity index (χ1n) is 8.73. The number of benzene rings is 3. The third kappa shape index (κ3) is 3.29. The summed E-state index contributed by atoms with van der Waals surface area (Å²) in [5.74, 6) is 2.23. The Morgan fingerprint density at radius 3 is 2.04 bits per heavy atom. The van der Waals surface area contributed by atoms with E-state index in [1.54, 1.807) is 14.2 Å². The average Bonchev–Trinajstić information content (AvgIpc) is 3.20. The van der Waals surface area contributed by atoms with Gasteiger partial charge in [-0.05, 0) is 18.2 Å². The maximum atomic E-state index is 5.54. The molecule has 0 aliphatic carbocycles. The summed E-state index contributed by atoms with van der Waals surface area (Å²) in [6.45, 7) is 0. The molecule has 4 aromatic rings. The number of nitrogens with zero attached hydrogens (tertiary/aromatic N) is 1. The number of aromatic nitrogens is 2. The minimum absolute atomic E-state index is 0.739. The summed E-state index contributed by atoms with van der Waals surface area (Å²) < 4.78 is 10.9. The number of methoxy groups -OCH3 is 2. The maximum absolute atomic E-state index is 5.54. The Bertz CT molecular complexity index is 984. The number of nitrogens with one attached hydrogen (secondary N) is 1. The Labute approximate surface area is 158 Å². The zero-order chi connectivity index (χ0) is 18.6. The standard InChI is InChI=1S/C23H20N2O2/c1-26-18-13-14-20(27-2)19(15-18)23-24-21(16-9-5-3-6-10-16)22(25-23)17-11-7-4-8-12-17/h3-15H,1-2H3,(H,24,25). The van der Waals surface area contributed by atoms with E-state index in [0.717, 1.165) is 45.4 Å². The van der Waals surface area contributed by atoms with Gasteiger partial charge in [-0.2, -0.15) is 0 Å². The van der Waals surface area contributed by atoms with E-state index in [1.165, 1.54) is 0 Å². The summed E-state index contributed by atoms with van der Waals surface area (Å²) in [6.07, 6.45) is 0. The summed E-state index contributed by atoms with van der Waals surface area (Å²) in [5, 5.41) is 0. The molecule has 0 saturated carbocycles. The molecule has 1 heterocycles. The van der Waals surface area contributed by atoms with Gasteiger partial charge in [0.25, 0.3) is 0 Å². The lowest BCUT2D eigenvalue weighted by atomic mass is 10.1. The quantitative estimate of drug-likeness (QED) is 0.519. The first kappa shape index (κ1) is 16.9. The summed E-state index contributed by atoms with van der Waals surface area (Å²) in [7, 11) is 3.31. The molecule has 0 atom stereocenters. The Morgan fingerprint density at radius 2 is 1.41 bits per heavy atom. The molecule has 4 rings (SSSR count). The number of rotatable bonds is 5. The zero-order valence-electron chi connectivity index (χ0n) is 15.3. The van der Waals surface area contributed by atoms with Gasteiger partial charge in [0.15, 0.2) is 0 Å². The van der Waals surface area contributed by atoms with Crippen LogP contribution in [0.3, 0.4) is 0 Å². The Hall–Kier alpha value is -3.53. The van der Waals surface area contributed by atoms with Crippen molar-refractivity contribution >= 4 is 0 Å². The summed E-state index contributed by atoms with van der Waals surface area (Å²) >= 11 is 0. The first-order chi connectivity index (χ1) is 13.3. The van der Waals surface area contributed by atoms with E-state index in [9.17, 15) is 0 Å². The van der Waals surface area contributed by atoms with Crippen LogP contribution in [0.1, 0.15) is 0 Å².